The SMILES string of the molecule is CCOc1ccc(C(=O)Nc2cnc3c(c2)CN(C)CC3(C)C)cc1Br.Cl. The lowest BCUT2D eigenvalue weighted by Crippen LogP contribution is -2.40. The zero-order valence-corrected chi connectivity index (χ0v) is 18.4. The van der Waals surface area contributed by atoms with Crippen LogP contribution in [0.5, 0.6) is 5.75 Å². The Morgan fingerprint density at radius 1 is 1.37 bits per heavy atom. The molecule has 3 rings (SSSR count). The van der Waals surface area contributed by atoms with Crippen molar-refractivity contribution in [2.24, 2.45) is 0 Å². The highest BCUT2D eigenvalue weighted by molar-refractivity contribution is 9.10. The fourth-order valence-electron chi connectivity index (χ4n) is 3.52. The van der Waals surface area contributed by atoms with Gasteiger partial charge in [0, 0.05) is 24.1 Å². The predicted molar refractivity (Wildman–Crippen MR) is 114 cm³/mol. The number of nitrogens with one attached hydrogen (secondary N) is 1. The van der Waals surface area contributed by atoms with Crippen molar-refractivity contribution >= 4 is 39.9 Å². The Labute approximate surface area is 175 Å². The number of pyridine rings is 1. The summed E-state index contributed by atoms with van der Waals surface area (Å²) in [5.74, 6) is 0.559. The summed E-state index contributed by atoms with van der Waals surface area (Å²) in [5, 5.41) is 2.95. The van der Waals surface area contributed by atoms with Crippen LogP contribution in [0.2, 0.25) is 0 Å². The van der Waals surface area contributed by atoms with Gasteiger partial charge in [-0.15, -0.1) is 12.4 Å². The first-order chi connectivity index (χ1) is 12.3. The van der Waals surface area contributed by atoms with Gasteiger partial charge >= 0.3 is 0 Å². The second kappa shape index (κ2) is 8.59. The molecule has 1 aromatic heterocycles. The van der Waals surface area contributed by atoms with Crippen LogP contribution < -0.4 is 10.1 Å². The maximum Gasteiger partial charge on any atom is 0.255 e. The van der Waals surface area contributed by atoms with E-state index in [0.717, 1.165) is 34.6 Å². The van der Waals surface area contributed by atoms with Crippen molar-refractivity contribution in [2.75, 3.05) is 25.5 Å². The van der Waals surface area contributed by atoms with Gasteiger partial charge in [-0.25, -0.2) is 0 Å². The summed E-state index contributed by atoms with van der Waals surface area (Å²) in [6.45, 7) is 8.71. The van der Waals surface area contributed by atoms with Gasteiger partial charge in [0.2, 0.25) is 0 Å². The highest BCUT2D eigenvalue weighted by Gasteiger charge is 2.31. The quantitative estimate of drug-likeness (QED) is 0.731. The van der Waals surface area contributed by atoms with E-state index in [1.165, 1.54) is 0 Å². The fraction of sp³-hybridized carbons (Fsp3) is 0.400. The number of likely N-dealkylation sites (N-methyl/N-ethyl adjacent to an activating group) is 1. The Morgan fingerprint density at radius 3 is 2.78 bits per heavy atom. The minimum absolute atomic E-state index is 0. The van der Waals surface area contributed by atoms with Crippen LogP contribution in [0.15, 0.2) is 34.9 Å². The third kappa shape index (κ3) is 4.81. The monoisotopic (exact) mass is 453 g/mol. The van der Waals surface area contributed by atoms with E-state index in [0.29, 0.717) is 17.9 Å². The molecule has 0 aliphatic carbocycles. The van der Waals surface area contributed by atoms with Crippen molar-refractivity contribution in [3.8, 4) is 5.75 Å². The summed E-state index contributed by atoms with van der Waals surface area (Å²) in [7, 11) is 2.10. The third-order valence-corrected chi connectivity index (χ3v) is 5.08. The standard InChI is InChI=1S/C20H24BrN3O2.ClH/c1-5-26-17-7-6-13(9-16(17)21)19(25)23-15-8-14-11-24(4)12-20(2,3)18(14)22-10-15;/h6-10H,5,11-12H2,1-4H3,(H,23,25);1H. The smallest absolute Gasteiger partial charge is 0.255 e. The van der Waals surface area contributed by atoms with Crippen LogP contribution in [0.3, 0.4) is 0 Å². The Bertz CT molecular complexity index is 842. The molecule has 0 radical (unpaired) electrons. The fourth-order valence-corrected chi connectivity index (χ4v) is 4.02. The summed E-state index contributed by atoms with van der Waals surface area (Å²) in [4.78, 5) is 19.5. The Morgan fingerprint density at radius 2 is 2.11 bits per heavy atom. The number of ether oxygens (including phenoxy) is 1. The molecule has 1 N–H and O–H groups in total. The van der Waals surface area contributed by atoms with Gasteiger partial charge in [-0.3, -0.25) is 9.78 Å². The lowest BCUT2D eigenvalue weighted by molar-refractivity contribution is 0.102. The van der Waals surface area contributed by atoms with Gasteiger partial charge in [0.1, 0.15) is 5.75 Å². The molecule has 27 heavy (non-hydrogen) atoms. The highest BCUT2D eigenvalue weighted by Crippen LogP contribution is 2.32. The van der Waals surface area contributed by atoms with Crippen molar-refractivity contribution in [3.05, 3.63) is 51.8 Å². The van der Waals surface area contributed by atoms with E-state index in [2.05, 4.69) is 52.0 Å². The number of hydrogen-bond acceptors (Lipinski definition) is 4. The van der Waals surface area contributed by atoms with Crippen LogP contribution in [0.4, 0.5) is 5.69 Å². The van der Waals surface area contributed by atoms with Crippen molar-refractivity contribution in [2.45, 2.75) is 32.7 Å². The number of anilines is 1. The van der Waals surface area contributed by atoms with Crippen LogP contribution in [-0.4, -0.2) is 36.0 Å². The summed E-state index contributed by atoms with van der Waals surface area (Å²) in [6.07, 6.45) is 1.74. The first kappa shape index (κ1) is 21.7. The van der Waals surface area contributed by atoms with Gasteiger partial charge in [-0.1, -0.05) is 13.8 Å². The van der Waals surface area contributed by atoms with Gasteiger partial charge in [-0.2, -0.15) is 0 Å². The highest BCUT2D eigenvalue weighted by atomic mass is 79.9. The molecule has 0 spiro atoms. The molecule has 7 heteroatoms. The van der Waals surface area contributed by atoms with E-state index in [1.807, 2.05) is 13.0 Å². The van der Waals surface area contributed by atoms with Crippen LogP contribution in [-0.2, 0) is 12.0 Å². The number of halogens is 2. The molecular formula is C20H25BrClN3O2. The first-order valence-electron chi connectivity index (χ1n) is 8.72. The Kier molecular flexibility index (Phi) is 6.89. The minimum atomic E-state index is -0.168. The third-order valence-electron chi connectivity index (χ3n) is 4.46. The topological polar surface area (TPSA) is 54.5 Å². The lowest BCUT2D eigenvalue weighted by atomic mass is 9.82. The van der Waals surface area contributed by atoms with Gasteiger partial charge in [-0.05, 0) is 59.7 Å². The Hall–Kier alpha value is -1.63. The van der Waals surface area contributed by atoms with Crippen LogP contribution in [0.25, 0.3) is 0 Å². The predicted octanol–water partition coefficient (Wildman–Crippen LogP) is 4.64. The number of rotatable bonds is 4. The summed E-state index contributed by atoms with van der Waals surface area (Å²) in [6, 6.07) is 7.35. The van der Waals surface area contributed by atoms with Crippen LogP contribution in [0.1, 0.15) is 42.4 Å². The van der Waals surface area contributed by atoms with E-state index in [1.54, 1.807) is 24.4 Å². The van der Waals surface area contributed by atoms with Gasteiger partial charge < -0.3 is 15.0 Å². The molecule has 1 amide bonds. The van der Waals surface area contributed by atoms with Crippen molar-refractivity contribution in [3.63, 3.8) is 0 Å². The van der Waals surface area contributed by atoms with E-state index < -0.39 is 0 Å². The summed E-state index contributed by atoms with van der Waals surface area (Å²) < 4.78 is 6.25. The van der Waals surface area contributed by atoms with E-state index in [-0.39, 0.29) is 23.7 Å². The summed E-state index contributed by atoms with van der Waals surface area (Å²) >= 11 is 3.45. The van der Waals surface area contributed by atoms with E-state index >= 15 is 0 Å². The molecule has 0 bridgehead atoms. The maximum absolute atomic E-state index is 12.6. The Balaban J connectivity index is 0.00000261. The van der Waals surface area contributed by atoms with Crippen molar-refractivity contribution < 1.29 is 9.53 Å². The molecular weight excluding hydrogens is 430 g/mol. The molecule has 2 heterocycles. The molecule has 0 fully saturated rings. The molecule has 0 saturated carbocycles. The van der Waals surface area contributed by atoms with Crippen LogP contribution >= 0.6 is 28.3 Å². The zero-order valence-electron chi connectivity index (χ0n) is 16.0. The lowest BCUT2D eigenvalue weighted by Gasteiger charge is -2.37. The molecule has 1 aliphatic rings. The summed E-state index contributed by atoms with van der Waals surface area (Å²) in [5.41, 5.74) is 3.55. The average Bonchev–Trinajstić information content (AvgIpc) is 2.55. The maximum atomic E-state index is 12.6. The van der Waals surface area contributed by atoms with E-state index in [9.17, 15) is 4.79 Å². The largest absolute Gasteiger partial charge is 0.493 e. The number of fused-ring (bicyclic) bond motifs is 1. The normalized spacial score (nSPS) is 15.4. The molecule has 0 unspecified atom stereocenters. The zero-order chi connectivity index (χ0) is 18.9. The number of benzene rings is 1. The molecule has 1 aliphatic heterocycles. The molecule has 5 nitrogen and oxygen atoms in total. The average molecular weight is 455 g/mol. The second-order valence-electron chi connectivity index (χ2n) is 7.32. The second-order valence-corrected chi connectivity index (χ2v) is 8.17. The first-order valence-corrected chi connectivity index (χ1v) is 9.51. The number of nitrogens with zero attached hydrogens (tertiary/aromatic N) is 2. The molecule has 0 saturated heterocycles. The van der Waals surface area contributed by atoms with Gasteiger partial charge in [0.05, 0.1) is 28.7 Å². The van der Waals surface area contributed by atoms with Gasteiger partial charge in [0.15, 0.2) is 0 Å². The van der Waals surface area contributed by atoms with E-state index in [4.69, 9.17) is 4.74 Å². The van der Waals surface area contributed by atoms with Gasteiger partial charge in [0.25, 0.3) is 5.91 Å². The molecule has 0 atom stereocenters. The number of carbonyl (C=O) groups is 1. The molecule has 146 valence electrons. The number of hydrogen-bond donors (Lipinski definition) is 1. The van der Waals surface area contributed by atoms with Crippen molar-refractivity contribution in [1.82, 2.24) is 9.88 Å². The number of aromatic nitrogens is 1. The molecule has 2 aromatic rings. The minimum Gasteiger partial charge on any atom is -0.493 e. The number of carbonyl (C=O) groups excluding carboxylic acids is 1. The van der Waals surface area contributed by atoms with Crippen LogP contribution in [0, 0.1) is 0 Å². The number of amides is 1. The molecule has 1 aromatic carbocycles. The van der Waals surface area contributed by atoms with Crippen molar-refractivity contribution in [1.29, 1.82) is 0 Å².